The first kappa shape index (κ1) is 10.7. The van der Waals surface area contributed by atoms with Crippen LogP contribution in [0.3, 0.4) is 0 Å². The highest BCUT2D eigenvalue weighted by molar-refractivity contribution is 9.10. The summed E-state index contributed by atoms with van der Waals surface area (Å²) in [4.78, 5) is 7.97. The van der Waals surface area contributed by atoms with Crippen molar-refractivity contribution in [1.82, 2.24) is 4.90 Å². The van der Waals surface area contributed by atoms with E-state index < -0.39 is 0 Å². The van der Waals surface area contributed by atoms with Gasteiger partial charge < -0.3 is 4.90 Å². The minimum atomic E-state index is 0.908. The molecule has 0 fully saturated rings. The lowest BCUT2D eigenvalue weighted by Crippen LogP contribution is -2.41. The van der Waals surface area contributed by atoms with Crippen LogP contribution in [0.25, 0.3) is 0 Å². The van der Waals surface area contributed by atoms with E-state index in [-0.39, 0.29) is 0 Å². The van der Waals surface area contributed by atoms with Crippen molar-refractivity contribution in [2.45, 2.75) is 11.3 Å². The normalized spacial score (nSPS) is 18.9. The Kier molecular flexibility index (Phi) is 2.77. The summed E-state index contributed by atoms with van der Waals surface area (Å²) in [7, 11) is 0. The third-order valence-electron chi connectivity index (χ3n) is 2.66. The van der Waals surface area contributed by atoms with Crippen molar-refractivity contribution in [3.63, 3.8) is 0 Å². The van der Waals surface area contributed by atoms with Gasteiger partial charge in [0, 0.05) is 28.0 Å². The number of amidine groups is 1. The van der Waals surface area contributed by atoms with E-state index in [1.807, 2.05) is 6.07 Å². The fourth-order valence-electron chi connectivity index (χ4n) is 1.93. The Morgan fingerprint density at radius 2 is 2.31 bits per heavy atom. The third kappa shape index (κ3) is 1.71. The van der Waals surface area contributed by atoms with Gasteiger partial charge in [-0.3, -0.25) is 4.99 Å². The van der Waals surface area contributed by atoms with Gasteiger partial charge in [0.25, 0.3) is 0 Å². The number of hydrogen-bond donors (Lipinski definition) is 0. The first-order chi connectivity index (χ1) is 7.75. The maximum absolute atomic E-state index is 5.41. The van der Waals surface area contributed by atoms with Gasteiger partial charge in [-0.25, -0.2) is 0 Å². The maximum Gasteiger partial charge on any atom is 0.146 e. The van der Waals surface area contributed by atoms with E-state index >= 15 is 0 Å². The number of benzene rings is 1. The van der Waals surface area contributed by atoms with Crippen LogP contribution in [0.1, 0.15) is 12.0 Å². The number of rotatable bonds is 0. The predicted molar refractivity (Wildman–Crippen MR) is 75.3 cm³/mol. The van der Waals surface area contributed by atoms with Gasteiger partial charge in [0.05, 0.1) is 0 Å². The summed E-state index contributed by atoms with van der Waals surface area (Å²) in [5.74, 6) is 1.05. The minimum absolute atomic E-state index is 0.908. The predicted octanol–water partition coefficient (Wildman–Crippen LogP) is 3.29. The van der Waals surface area contributed by atoms with Crippen LogP contribution in [0.5, 0.6) is 0 Å². The van der Waals surface area contributed by atoms with E-state index in [0.717, 1.165) is 34.1 Å². The molecule has 2 aliphatic rings. The first-order valence-electron chi connectivity index (χ1n) is 5.09. The molecule has 82 valence electrons. The van der Waals surface area contributed by atoms with E-state index in [4.69, 9.17) is 12.2 Å². The Morgan fingerprint density at radius 3 is 3.19 bits per heavy atom. The Hall–Kier alpha value is -0.390. The van der Waals surface area contributed by atoms with Crippen molar-refractivity contribution in [2.75, 3.05) is 13.1 Å². The molecule has 0 unspecified atom stereocenters. The van der Waals surface area contributed by atoms with Crippen LogP contribution < -0.4 is 0 Å². The lowest BCUT2D eigenvalue weighted by Gasteiger charge is -2.34. The molecule has 2 aliphatic heterocycles. The molecule has 3 rings (SSSR count). The van der Waals surface area contributed by atoms with Gasteiger partial charge >= 0.3 is 0 Å². The Morgan fingerprint density at radius 1 is 1.44 bits per heavy atom. The Balaban J connectivity index is 2.18. The van der Waals surface area contributed by atoms with Crippen LogP contribution in [0, 0.1) is 0 Å². The fourth-order valence-corrected chi connectivity index (χ4v) is 3.61. The summed E-state index contributed by atoms with van der Waals surface area (Å²) in [6.45, 7) is 1.90. The molecular weight excluding hydrogens is 304 g/mol. The topological polar surface area (TPSA) is 15.6 Å². The van der Waals surface area contributed by atoms with Gasteiger partial charge in [0.2, 0.25) is 0 Å². The molecule has 1 aromatic carbocycles. The number of thiocarbonyl (C=S) groups is 1. The maximum atomic E-state index is 5.41. The van der Waals surface area contributed by atoms with Crippen molar-refractivity contribution in [1.29, 1.82) is 0 Å². The summed E-state index contributed by atoms with van der Waals surface area (Å²) in [6.07, 6.45) is 1.09. The van der Waals surface area contributed by atoms with Crippen LogP contribution >= 0.6 is 39.9 Å². The molecule has 0 atom stereocenters. The first-order valence-corrected chi connectivity index (χ1v) is 7.11. The van der Waals surface area contributed by atoms with Gasteiger partial charge in [-0.2, -0.15) is 0 Å². The molecule has 0 aromatic heterocycles. The molecule has 2 nitrogen and oxygen atoms in total. The molecule has 5 heteroatoms. The second kappa shape index (κ2) is 4.13. The molecule has 0 saturated heterocycles. The van der Waals surface area contributed by atoms with Crippen molar-refractivity contribution < 1.29 is 0 Å². The lowest BCUT2D eigenvalue weighted by atomic mass is 10.1. The number of hydrogen-bond acceptors (Lipinski definition) is 3. The summed E-state index contributed by atoms with van der Waals surface area (Å²) in [6, 6.07) is 6.28. The second-order valence-corrected chi connectivity index (χ2v) is 6.31. The average molecular weight is 313 g/mol. The smallest absolute Gasteiger partial charge is 0.146 e. The summed E-state index contributed by atoms with van der Waals surface area (Å²) >= 11 is 10.6. The standard InChI is InChI=1S/C11H9BrN2S2/c12-7-2-3-9-8(6-7)10-13-4-1-5-14(10)11(15)16-9/h2-3,6H,1,4-5H2. The molecule has 16 heavy (non-hydrogen) atoms. The SMILES string of the molecule is S=C1Sc2ccc(Br)cc2C2=NCCCN12. The number of nitrogens with zero attached hydrogens (tertiary/aromatic N) is 2. The third-order valence-corrected chi connectivity index (χ3v) is 4.59. The molecule has 0 N–H and O–H groups in total. The summed E-state index contributed by atoms with van der Waals surface area (Å²) in [5, 5.41) is 0. The van der Waals surface area contributed by atoms with Crippen molar-refractivity contribution in [3.05, 3.63) is 28.2 Å². The van der Waals surface area contributed by atoms with Crippen LogP contribution in [-0.2, 0) is 0 Å². The van der Waals surface area contributed by atoms with E-state index in [9.17, 15) is 0 Å². The van der Waals surface area contributed by atoms with E-state index in [2.05, 4.69) is 38.0 Å². The van der Waals surface area contributed by atoms with Gasteiger partial charge in [0.1, 0.15) is 10.2 Å². The molecule has 1 aromatic rings. The monoisotopic (exact) mass is 312 g/mol. The van der Waals surface area contributed by atoms with E-state index in [0.29, 0.717) is 0 Å². The average Bonchev–Trinajstić information content (AvgIpc) is 2.31. The van der Waals surface area contributed by atoms with Gasteiger partial charge in [0.15, 0.2) is 0 Å². The van der Waals surface area contributed by atoms with Crippen LogP contribution in [-0.4, -0.2) is 28.1 Å². The molecule has 0 saturated carbocycles. The molecular formula is C11H9BrN2S2. The Bertz CT molecular complexity index is 499. The highest BCUT2D eigenvalue weighted by atomic mass is 79.9. The summed E-state index contributed by atoms with van der Waals surface area (Å²) in [5.41, 5.74) is 1.20. The number of aliphatic imine (C=N–C) groups is 1. The van der Waals surface area contributed by atoms with Crippen LogP contribution in [0.15, 0.2) is 32.6 Å². The van der Waals surface area contributed by atoms with Crippen molar-refractivity contribution in [2.24, 2.45) is 4.99 Å². The van der Waals surface area contributed by atoms with Crippen molar-refractivity contribution in [3.8, 4) is 0 Å². The van der Waals surface area contributed by atoms with Crippen LogP contribution in [0.2, 0.25) is 0 Å². The Labute approximate surface area is 112 Å². The number of thioether (sulfide) groups is 1. The highest BCUT2D eigenvalue weighted by Gasteiger charge is 2.28. The zero-order chi connectivity index (χ0) is 11.1. The molecule has 2 heterocycles. The van der Waals surface area contributed by atoms with E-state index in [1.54, 1.807) is 11.8 Å². The highest BCUT2D eigenvalue weighted by Crippen LogP contribution is 2.35. The molecule has 0 spiro atoms. The van der Waals surface area contributed by atoms with Crippen LogP contribution in [0.4, 0.5) is 0 Å². The fraction of sp³-hybridized carbons (Fsp3) is 0.273. The molecule has 0 aliphatic carbocycles. The van der Waals surface area contributed by atoms with Gasteiger partial charge in [-0.15, -0.1) is 0 Å². The van der Waals surface area contributed by atoms with Gasteiger partial charge in [-0.05, 0) is 24.6 Å². The zero-order valence-electron chi connectivity index (χ0n) is 8.44. The minimum Gasteiger partial charge on any atom is -0.311 e. The molecule has 0 bridgehead atoms. The largest absolute Gasteiger partial charge is 0.311 e. The molecule has 0 radical (unpaired) electrons. The van der Waals surface area contributed by atoms with Crippen molar-refractivity contribution >= 4 is 50.1 Å². The quantitative estimate of drug-likeness (QED) is 0.684. The zero-order valence-corrected chi connectivity index (χ0v) is 11.7. The number of fused-ring (bicyclic) bond motifs is 3. The van der Waals surface area contributed by atoms with E-state index in [1.165, 1.54) is 10.5 Å². The molecule has 0 amide bonds. The second-order valence-electron chi connectivity index (χ2n) is 3.72. The number of halogens is 1. The summed E-state index contributed by atoms with van der Waals surface area (Å²) < 4.78 is 2.01. The van der Waals surface area contributed by atoms with Gasteiger partial charge in [-0.1, -0.05) is 39.9 Å². The lowest BCUT2D eigenvalue weighted by molar-refractivity contribution is 0.560.